The maximum absolute atomic E-state index is 12.2. The molecule has 0 saturated heterocycles. The molecule has 0 radical (unpaired) electrons. The highest BCUT2D eigenvalue weighted by atomic mass is 35.5. The van der Waals surface area contributed by atoms with Gasteiger partial charge in [-0.25, -0.2) is 4.98 Å². The van der Waals surface area contributed by atoms with E-state index in [-0.39, 0.29) is 5.91 Å². The number of carbonyl (C=O) groups is 1. The van der Waals surface area contributed by atoms with E-state index in [2.05, 4.69) is 10.3 Å². The molecule has 2 aromatic heterocycles. The van der Waals surface area contributed by atoms with E-state index in [1.54, 1.807) is 11.4 Å². The monoisotopic (exact) mass is 317 g/mol. The van der Waals surface area contributed by atoms with Gasteiger partial charge in [0.15, 0.2) is 5.13 Å². The van der Waals surface area contributed by atoms with Crippen LogP contribution in [0.3, 0.4) is 0 Å². The Kier molecular flexibility index (Phi) is 3.77. The van der Waals surface area contributed by atoms with Crippen molar-refractivity contribution in [2.24, 2.45) is 0 Å². The summed E-state index contributed by atoms with van der Waals surface area (Å²) in [4.78, 5) is 16.5. The van der Waals surface area contributed by atoms with Gasteiger partial charge in [-0.15, -0.1) is 11.3 Å². The molecule has 4 nitrogen and oxygen atoms in total. The van der Waals surface area contributed by atoms with Gasteiger partial charge in [0.05, 0.1) is 0 Å². The number of anilines is 1. The van der Waals surface area contributed by atoms with Crippen LogP contribution < -0.4 is 5.32 Å². The zero-order valence-electron chi connectivity index (χ0n) is 11.2. The lowest BCUT2D eigenvalue weighted by Gasteiger charge is -2.05. The van der Waals surface area contributed by atoms with Gasteiger partial charge in [-0.1, -0.05) is 17.7 Å². The molecule has 0 aliphatic rings. The summed E-state index contributed by atoms with van der Waals surface area (Å²) in [5.41, 5.74) is 2.02. The fourth-order valence-corrected chi connectivity index (χ4v) is 2.77. The summed E-state index contributed by atoms with van der Waals surface area (Å²) in [6.45, 7) is 1.91. The van der Waals surface area contributed by atoms with Gasteiger partial charge < -0.3 is 9.88 Å². The second-order valence-corrected chi connectivity index (χ2v) is 5.77. The minimum absolute atomic E-state index is 0.246. The van der Waals surface area contributed by atoms with Crippen molar-refractivity contribution < 1.29 is 4.79 Å². The lowest BCUT2D eigenvalue weighted by Crippen LogP contribution is -2.12. The summed E-state index contributed by atoms with van der Waals surface area (Å²) in [7, 11) is 0. The van der Waals surface area contributed by atoms with Crippen LogP contribution in [0.2, 0.25) is 5.02 Å². The van der Waals surface area contributed by atoms with Crippen LogP contribution in [-0.4, -0.2) is 15.5 Å². The molecule has 0 fully saturated rings. The van der Waals surface area contributed by atoms with Crippen LogP contribution in [0.4, 0.5) is 5.69 Å². The summed E-state index contributed by atoms with van der Waals surface area (Å²) in [5.74, 6) is -0.246. The Morgan fingerprint density at radius 2 is 2.10 bits per heavy atom. The first-order valence-corrected chi connectivity index (χ1v) is 7.55. The van der Waals surface area contributed by atoms with Crippen molar-refractivity contribution in [2.45, 2.75) is 6.92 Å². The molecule has 0 bridgehead atoms. The Bertz CT molecular complexity index is 780. The number of hydrogen-bond acceptors (Lipinski definition) is 3. The summed E-state index contributed by atoms with van der Waals surface area (Å²) in [5, 5.41) is 5.91. The van der Waals surface area contributed by atoms with Gasteiger partial charge in [0.25, 0.3) is 5.91 Å². The molecule has 1 aromatic carbocycles. The molecule has 2 heterocycles. The Hall–Kier alpha value is -2.11. The average molecular weight is 318 g/mol. The van der Waals surface area contributed by atoms with E-state index in [9.17, 15) is 4.79 Å². The second-order valence-electron chi connectivity index (χ2n) is 4.52. The van der Waals surface area contributed by atoms with Crippen molar-refractivity contribution in [1.29, 1.82) is 0 Å². The molecule has 0 spiro atoms. The molecule has 6 heteroatoms. The van der Waals surface area contributed by atoms with Gasteiger partial charge in [-0.2, -0.15) is 0 Å². The van der Waals surface area contributed by atoms with Crippen molar-refractivity contribution in [3.8, 4) is 5.13 Å². The second kappa shape index (κ2) is 5.71. The summed E-state index contributed by atoms with van der Waals surface area (Å²) >= 11 is 7.46. The first-order valence-electron chi connectivity index (χ1n) is 6.30. The Morgan fingerprint density at radius 1 is 1.33 bits per heavy atom. The van der Waals surface area contributed by atoms with Gasteiger partial charge in [-0.05, 0) is 36.8 Å². The van der Waals surface area contributed by atoms with Crippen LogP contribution in [0, 0.1) is 6.92 Å². The van der Waals surface area contributed by atoms with E-state index in [1.807, 2.05) is 48.1 Å². The number of benzene rings is 1. The van der Waals surface area contributed by atoms with Gasteiger partial charge in [0.1, 0.15) is 5.69 Å². The van der Waals surface area contributed by atoms with E-state index in [1.165, 1.54) is 11.3 Å². The number of carbonyl (C=O) groups excluding carboxylic acids is 1. The van der Waals surface area contributed by atoms with Crippen LogP contribution >= 0.6 is 22.9 Å². The minimum atomic E-state index is -0.246. The molecule has 0 saturated carbocycles. The summed E-state index contributed by atoms with van der Waals surface area (Å²) < 4.78 is 1.87. The number of rotatable bonds is 3. The number of nitrogens with one attached hydrogen (secondary N) is 1. The third-order valence-corrected chi connectivity index (χ3v) is 4.24. The molecule has 0 atom stereocenters. The number of aromatic nitrogens is 2. The molecular formula is C15H12ClN3OS. The van der Waals surface area contributed by atoms with Gasteiger partial charge >= 0.3 is 0 Å². The first kappa shape index (κ1) is 13.9. The maximum atomic E-state index is 12.2. The highest BCUT2D eigenvalue weighted by Gasteiger charge is 2.12. The van der Waals surface area contributed by atoms with E-state index < -0.39 is 0 Å². The summed E-state index contributed by atoms with van der Waals surface area (Å²) in [6.07, 6.45) is 3.78. The molecule has 106 valence electrons. The lowest BCUT2D eigenvalue weighted by molar-refractivity contribution is 0.102. The smallest absolute Gasteiger partial charge is 0.275 e. The Balaban J connectivity index is 1.78. The van der Waals surface area contributed by atoms with Crippen LogP contribution in [0.15, 0.2) is 48.1 Å². The van der Waals surface area contributed by atoms with E-state index in [0.717, 1.165) is 10.7 Å². The fourth-order valence-electron chi connectivity index (χ4n) is 1.81. The number of hydrogen-bond donors (Lipinski definition) is 1. The maximum Gasteiger partial charge on any atom is 0.275 e. The molecule has 1 amide bonds. The number of amides is 1. The van der Waals surface area contributed by atoms with E-state index in [4.69, 9.17) is 11.6 Å². The molecular weight excluding hydrogens is 306 g/mol. The van der Waals surface area contributed by atoms with Crippen LogP contribution in [0.25, 0.3) is 5.13 Å². The van der Waals surface area contributed by atoms with Crippen molar-refractivity contribution in [3.63, 3.8) is 0 Å². The van der Waals surface area contributed by atoms with E-state index >= 15 is 0 Å². The molecule has 0 aliphatic carbocycles. The van der Waals surface area contributed by atoms with E-state index in [0.29, 0.717) is 16.4 Å². The minimum Gasteiger partial charge on any atom is -0.321 e. The zero-order valence-corrected chi connectivity index (χ0v) is 12.8. The van der Waals surface area contributed by atoms with Gasteiger partial charge in [0, 0.05) is 28.5 Å². The predicted octanol–water partition coefficient (Wildman–Crippen LogP) is 4.15. The topological polar surface area (TPSA) is 46.9 Å². The SMILES string of the molecule is Cc1ccc(NC(=O)c2csc(-n3cccc3)n2)cc1Cl. The molecule has 1 N–H and O–H groups in total. The number of aryl methyl sites for hydroxylation is 1. The number of nitrogens with zero attached hydrogens (tertiary/aromatic N) is 2. The molecule has 3 aromatic rings. The number of thiazole rings is 1. The normalized spacial score (nSPS) is 10.6. The average Bonchev–Trinajstić information content (AvgIpc) is 3.12. The van der Waals surface area contributed by atoms with Crippen LogP contribution in [-0.2, 0) is 0 Å². The molecule has 21 heavy (non-hydrogen) atoms. The standard InChI is InChI=1S/C15H12ClN3OS/c1-10-4-5-11(8-12(10)16)17-14(20)13-9-21-15(18-13)19-6-2-3-7-19/h2-9H,1H3,(H,17,20). The Labute approximate surface area is 131 Å². The largest absolute Gasteiger partial charge is 0.321 e. The Morgan fingerprint density at radius 3 is 2.81 bits per heavy atom. The van der Waals surface area contributed by atoms with Crippen LogP contribution in [0.1, 0.15) is 16.1 Å². The van der Waals surface area contributed by atoms with Gasteiger partial charge in [0.2, 0.25) is 0 Å². The van der Waals surface area contributed by atoms with Crippen LogP contribution in [0.5, 0.6) is 0 Å². The van der Waals surface area contributed by atoms with Crippen molar-refractivity contribution in [3.05, 3.63) is 64.4 Å². The molecule has 0 unspecified atom stereocenters. The first-order chi connectivity index (χ1) is 10.1. The van der Waals surface area contributed by atoms with Crippen molar-refractivity contribution in [2.75, 3.05) is 5.32 Å². The van der Waals surface area contributed by atoms with Crippen molar-refractivity contribution >= 4 is 34.5 Å². The quantitative estimate of drug-likeness (QED) is 0.789. The third kappa shape index (κ3) is 2.99. The molecule has 0 aliphatic heterocycles. The van der Waals surface area contributed by atoms with Gasteiger partial charge in [-0.3, -0.25) is 4.79 Å². The highest BCUT2D eigenvalue weighted by molar-refractivity contribution is 7.12. The predicted molar refractivity (Wildman–Crippen MR) is 85.6 cm³/mol. The number of halogens is 1. The third-order valence-electron chi connectivity index (χ3n) is 2.98. The fraction of sp³-hybridized carbons (Fsp3) is 0.0667. The summed E-state index contributed by atoms with van der Waals surface area (Å²) in [6, 6.07) is 9.24. The van der Waals surface area contributed by atoms with Crippen molar-refractivity contribution in [1.82, 2.24) is 9.55 Å². The molecule has 3 rings (SSSR count). The highest BCUT2D eigenvalue weighted by Crippen LogP contribution is 2.21. The zero-order chi connectivity index (χ0) is 14.8. The lowest BCUT2D eigenvalue weighted by atomic mass is 10.2.